The van der Waals surface area contributed by atoms with Crippen molar-refractivity contribution in [3.63, 3.8) is 0 Å². The van der Waals surface area contributed by atoms with Crippen LogP contribution >= 0.6 is 0 Å². The molecule has 1 heterocycles. The molecule has 2 nitrogen and oxygen atoms in total. The Kier molecular flexibility index (Phi) is 2.93. The van der Waals surface area contributed by atoms with Crippen LogP contribution < -0.4 is 0 Å². The SMILES string of the molecule is O[C@@]1(c2ccccc2)CCN(C2CCCC2)C1. The van der Waals surface area contributed by atoms with Gasteiger partial charge in [0.2, 0.25) is 0 Å². The number of rotatable bonds is 2. The highest BCUT2D eigenvalue weighted by atomic mass is 16.3. The summed E-state index contributed by atoms with van der Waals surface area (Å²) in [7, 11) is 0. The molecule has 2 aliphatic rings. The van der Waals surface area contributed by atoms with Gasteiger partial charge in [-0.05, 0) is 24.8 Å². The number of nitrogens with zero attached hydrogens (tertiary/aromatic N) is 1. The van der Waals surface area contributed by atoms with Gasteiger partial charge in [-0.3, -0.25) is 4.90 Å². The molecule has 1 aliphatic carbocycles. The molecule has 0 spiro atoms. The molecule has 1 saturated carbocycles. The van der Waals surface area contributed by atoms with Gasteiger partial charge in [-0.25, -0.2) is 0 Å². The zero-order chi connectivity index (χ0) is 11.7. The van der Waals surface area contributed by atoms with Crippen LogP contribution in [0, 0.1) is 0 Å². The third-order valence-corrected chi connectivity index (χ3v) is 4.43. The van der Waals surface area contributed by atoms with Crippen molar-refractivity contribution in [1.29, 1.82) is 0 Å². The van der Waals surface area contributed by atoms with Gasteiger partial charge in [0.1, 0.15) is 5.60 Å². The van der Waals surface area contributed by atoms with E-state index in [0.29, 0.717) is 0 Å². The number of benzene rings is 1. The maximum Gasteiger partial charge on any atom is 0.103 e. The number of aliphatic hydroxyl groups is 1. The van der Waals surface area contributed by atoms with Crippen LogP contribution in [-0.4, -0.2) is 29.1 Å². The Hall–Kier alpha value is -0.860. The van der Waals surface area contributed by atoms with Crippen LogP contribution in [0.25, 0.3) is 0 Å². The van der Waals surface area contributed by atoms with Gasteiger partial charge in [-0.15, -0.1) is 0 Å². The van der Waals surface area contributed by atoms with Crippen molar-refractivity contribution in [2.45, 2.75) is 43.7 Å². The first-order valence-corrected chi connectivity index (χ1v) is 6.80. The van der Waals surface area contributed by atoms with E-state index in [1.54, 1.807) is 0 Å². The third kappa shape index (κ3) is 2.12. The highest BCUT2D eigenvalue weighted by Gasteiger charge is 2.40. The van der Waals surface area contributed by atoms with Crippen LogP contribution in [0.15, 0.2) is 30.3 Å². The summed E-state index contributed by atoms with van der Waals surface area (Å²) in [6.45, 7) is 1.87. The molecular formula is C15H21NO. The van der Waals surface area contributed by atoms with E-state index in [9.17, 15) is 5.11 Å². The Balaban J connectivity index is 1.74. The number of hydrogen-bond acceptors (Lipinski definition) is 2. The predicted octanol–water partition coefficient (Wildman–Crippen LogP) is 2.52. The van der Waals surface area contributed by atoms with Crippen LogP contribution in [-0.2, 0) is 5.60 Å². The molecule has 17 heavy (non-hydrogen) atoms. The highest BCUT2D eigenvalue weighted by Crippen LogP contribution is 2.35. The van der Waals surface area contributed by atoms with E-state index in [2.05, 4.69) is 17.0 Å². The van der Waals surface area contributed by atoms with Crippen LogP contribution in [0.1, 0.15) is 37.7 Å². The van der Waals surface area contributed by atoms with Crippen molar-refractivity contribution in [3.8, 4) is 0 Å². The molecule has 3 rings (SSSR count). The molecule has 1 N–H and O–H groups in total. The predicted molar refractivity (Wildman–Crippen MR) is 68.8 cm³/mol. The molecule has 92 valence electrons. The highest BCUT2D eigenvalue weighted by molar-refractivity contribution is 5.24. The molecular weight excluding hydrogens is 210 g/mol. The molecule has 0 bridgehead atoms. The molecule has 1 aromatic carbocycles. The molecule has 2 fully saturated rings. The molecule has 1 atom stereocenters. The Labute approximate surface area is 103 Å². The van der Waals surface area contributed by atoms with E-state index < -0.39 is 5.60 Å². The van der Waals surface area contributed by atoms with Gasteiger partial charge >= 0.3 is 0 Å². The maximum absolute atomic E-state index is 10.8. The second kappa shape index (κ2) is 4.43. The van der Waals surface area contributed by atoms with Crippen molar-refractivity contribution in [2.75, 3.05) is 13.1 Å². The summed E-state index contributed by atoms with van der Waals surface area (Å²) in [4.78, 5) is 2.50. The Bertz CT molecular complexity index is 372. The van der Waals surface area contributed by atoms with E-state index in [-0.39, 0.29) is 0 Å². The lowest BCUT2D eigenvalue weighted by Crippen LogP contribution is -2.35. The third-order valence-electron chi connectivity index (χ3n) is 4.43. The summed E-state index contributed by atoms with van der Waals surface area (Å²) in [6.07, 6.45) is 6.26. The van der Waals surface area contributed by atoms with Crippen molar-refractivity contribution >= 4 is 0 Å². The quantitative estimate of drug-likeness (QED) is 0.845. The topological polar surface area (TPSA) is 23.5 Å². The zero-order valence-electron chi connectivity index (χ0n) is 10.3. The first-order valence-electron chi connectivity index (χ1n) is 6.80. The Morgan fingerprint density at radius 1 is 1.12 bits per heavy atom. The fourth-order valence-corrected chi connectivity index (χ4v) is 3.39. The first kappa shape index (κ1) is 11.2. The molecule has 0 radical (unpaired) electrons. The summed E-state index contributed by atoms with van der Waals surface area (Å²) in [6, 6.07) is 10.9. The van der Waals surface area contributed by atoms with Gasteiger partial charge in [-0.2, -0.15) is 0 Å². The minimum absolute atomic E-state index is 0.607. The largest absolute Gasteiger partial charge is 0.384 e. The van der Waals surface area contributed by atoms with Crippen LogP contribution in [0.4, 0.5) is 0 Å². The molecule has 2 heteroatoms. The van der Waals surface area contributed by atoms with E-state index in [4.69, 9.17) is 0 Å². The standard InChI is InChI=1S/C15H21NO/c17-15(13-6-2-1-3-7-13)10-11-16(12-15)14-8-4-5-9-14/h1-3,6-7,14,17H,4-5,8-12H2/t15-/m0/s1. The fraction of sp³-hybridized carbons (Fsp3) is 0.600. The number of hydrogen-bond donors (Lipinski definition) is 1. The van der Waals surface area contributed by atoms with Crippen LogP contribution in [0.2, 0.25) is 0 Å². The molecule has 0 aromatic heterocycles. The van der Waals surface area contributed by atoms with E-state index in [1.165, 1.54) is 25.7 Å². The second-order valence-corrected chi connectivity index (χ2v) is 5.56. The Morgan fingerprint density at radius 3 is 2.53 bits per heavy atom. The van der Waals surface area contributed by atoms with E-state index in [0.717, 1.165) is 31.1 Å². The van der Waals surface area contributed by atoms with Gasteiger partial charge in [0.15, 0.2) is 0 Å². The van der Waals surface area contributed by atoms with Crippen molar-refractivity contribution in [2.24, 2.45) is 0 Å². The lowest BCUT2D eigenvalue weighted by Gasteiger charge is -2.27. The molecule has 1 aromatic rings. The van der Waals surface area contributed by atoms with E-state index >= 15 is 0 Å². The summed E-state index contributed by atoms with van der Waals surface area (Å²) >= 11 is 0. The maximum atomic E-state index is 10.8. The summed E-state index contributed by atoms with van der Waals surface area (Å²) in [5.74, 6) is 0. The first-order chi connectivity index (χ1) is 8.28. The lowest BCUT2D eigenvalue weighted by molar-refractivity contribution is 0.0407. The number of likely N-dealkylation sites (tertiary alicyclic amines) is 1. The average Bonchev–Trinajstić information content (AvgIpc) is 3.00. The van der Waals surface area contributed by atoms with Crippen molar-refractivity contribution < 1.29 is 5.11 Å². The zero-order valence-corrected chi connectivity index (χ0v) is 10.3. The summed E-state index contributed by atoms with van der Waals surface area (Å²) in [5.41, 5.74) is 0.477. The second-order valence-electron chi connectivity index (χ2n) is 5.56. The normalized spacial score (nSPS) is 31.1. The Morgan fingerprint density at radius 2 is 1.82 bits per heavy atom. The van der Waals surface area contributed by atoms with Gasteiger partial charge in [0, 0.05) is 19.1 Å². The van der Waals surface area contributed by atoms with Crippen LogP contribution in [0.5, 0.6) is 0 Å². The fourth-order valence-electron chi connectivity index (χ4n) is 3.39. The lowest BCUT2D eigenvalue weighted by atomic mass is 9.93. The number of β-amino-alcohol motifs (C(OH)–C–C–N with tert-alkyl or cyclic N) is 1. The summed E-state index contributed by atoms with van der Waals surface area (Å²) in [5, 5.41) is 10.8. The van der Waals surface area contributed by atoms with Crippen molar-refractivity contribution in [3.05, 3.63) is 35.9 Å². The smallest absolute Gasteiger partial charge is 0.103 e. The van der Waals surface area contributed by atoms with Crippen LogP contribution in [0.3, 0.4) is 0 Å². The van der Waals surface area contributed by atoms with Gasteiger partial charge in [0.05, 0.1) is 0 Å². The molecule has 0 unspecified atom stereocenters. The minimum atomic E-state index is -0.607. The monoisotopic (exact) mass is 231 g/mol. The minimum Gasteiger partial charge on any atom is -0.384 e. The molecule has 1 saturated heterocycles. The van der Waals surface area contributed by atoms with Gasteiger partial charge < -0.3 is 5.11 Å². The van der Waals surface area contributed by atoms with E-state index in [1.807, 2.05) is 18.2 Å². The van der Waals surface area contributed by atoms with Gasteiger partial charge in [0.25, 0.3) is 0 Å². The average molecular weight is 231 g/mol. The van der Waals surface area contributed by atoms with Gasteiger partial charge in [-0.1, -0.05) is 43.2 Å². The summed E-state index contributed by atoms with van der Waals surface area (Å²) < 4.78 is 0. The molecule has 0 amide bonds. The molecule has 1 aliphatic heterocycles. The van der Waals surface area contributed by atoms with Crippen molar-refractivity contribution in [1.82, 2.24) is 4.90 Å².